The Morgan fingerprint density at radius 3 is 2.71 bits per heavy atom. The maximum Gasteiger partial charge on any atom is 0.304 e. The minimum absolute atomic E-state index is 0.103. The number of nitrogens with zero attached hydrogens (tertiary/aromatic N) is 1. The summed E-state index contributed by atoms with van der Waals surface area (Å²) < 4.78 is 5.25. The topological polar surface area (TPSA) is 66.8 Å². The molecule has 0 bridgehead atoms. The Kier molecular flexibility index (Phi) is 4.51. The Balaban J connectivity index is 2.12. The van der Waals surface area contributed by atoms with Crippen molar-refractivity contribution in [3.63, 3.8) is 0 Å². The molecule has 0 spiro atoms. The molecular weight excluding hydrogens is 350 g/mol. The molecule has 0 radical (unpaired) electrons. The number of hydrogen-bond acceptors (Lipinski definition) is 4. The van der Waals surface area contributed by atoms with Gasteiger partial charge in [0.15, 0.2) is 0 Å². The van der Waals surface area contributed by atoms with Crippen LogP contribution in [0.5, 0.6) is 5.75 Å². The number of carbonyl (C=O) groups is 2. The number of amides is 1. The zero-order chi connectivity index (χ0) is 17.4. The summed E-state index contributed by atoms with van der Waals surface area (Å²) in [5, 5.41) is 13.3. The summed E-state index contributed by atoms with van der Waals surface area (Å²) in [6, 6.07) is 4.91. The monoisotopic (exact) mass is 365 g/mol. The van der Waals surface area contributed by atoms with Crippen LogP contribution in [0.25, 0.3) is 0 Å². The minimum Gasteiger partial charge on any atom is -0.495 e. The van der Waals surface area contributed by atoms with Gasteiger partial charge in [-0.3, -0.25) is 9.59 Å². The normalized spacial score (nSPS) is 19.2. The molecule has 1 aliphatic heterocycles. The van der Waals surface area contributed by atoms with E-state index in [1.807, 2.05) is 12.3 Å². The second-order valence-electron chi connectivity index (χ2n) is 5.65. The Labute approximate surface area is 148 Å². The number of rotatable bonds is 4. The maximum atomic E-state index is 12.9. The lowest BCUT2D eigenvalue weighted by atomic mass is 9.92. The highest BCUT2D eigenvalue weighted by atomic mass is 35.5. The van der Waals surface area contributed by atoms with Gasteiger partial charge in [-0.15, -0.1) is 0 Å². The molecule has 1 aromatic heterocycles. The summed E-state index contributed by atoms with van der Waals surface area (Å²) in [4.78, 5) is 25.8. The summed E-state index contributed by atoms with van der Waals surface area (Å²) in [6.07, 6.45) is -0.103. The third kappa shape index (κ3) is 2.65. The highest BCUT2D eigenvalue weighted by molar-refractivity contribution is 7.08. The van der Waals surface area contributed by atoms with Crippen LogP contribution in [0.15, 0.2) is 29.0 Å². The molecule has 3 rings (SSSR count). The predicted octanol–water partition coefficient (Wildman–Crippen LogP) is 4.02. The largest absolute Gasteiger partial charge is 0.495 e. The Morgan fingerprint density at radius 1 is 1.38 bits per heavy atom. The lowest BCUT2D eigenvalue weighted by Gasteiger charge is -2.24. The number of carboxylic acids is 1. The van der Waals surface area contributed by atoms with Gasteiger partial charge in [0.1, 0.15) is 5.75 Å². The zero-order valence-corrected chi connectivity index (χ0v) is 14.7. The fraction of sp³-hybridized carbons (Fsp3) is 0.294. The van der Waals surface area contributed by atoms with E-state index in [9.17, 15) is 14.7 Å². The van der Waals surface area contributed by atoms with Crippen molar-refractivity contribution in [3.05, 3.63) is 45.1 Å². The van der Waals surface area contributed by atoms with Crippen LogP contribution in [0.2, 0.25) is 5.02 Å². The first-order valence-corrected chi connectivity index (χ1v) is 8.71. The first kappa shape index (κ1) is 16.8. The van der Waals surface area contributed by atoms with E-state index in [0.29, 0.717) is 27.6 Å². The number of aliphatic carboxylic acids is 1. The number of fused-ring (bicyclic) bond motifs is 1. The van der Waals surface area contributed by atoms with Crippen LogP contribution in [0.3, 0.4) is 0 Å². The van der Waals surface area contributed by atoms with Gasteiger partial charge in [0, 0.05) is 28.6 Å². The number of thiophene rings is 1. The fourth-order valence-corrected chi connectivity index (χ4v) is 4.21. The molecule has 0 fully saturated rings. The van der Waals surface area contributed by atoms with Crippen LogP contribution in [0.4, 0.5) is 5.69 Å². The number of benzene rings is 1. The van der Waals surface area contributed by atoms with Crippen LogP contribution >= 0.6 is 22.9 Å². The Hall–Kier alpha value is -2.05. The smallest absolute Gasteiger partial charge is 0.304 e. The van der Waals surface area contributed by atoms with Crippen molar-refractivity contribution in [2.45, 2.75) is 25.3 Å². The Morgan fingerprint density at radius 2 is 2.12 bits per heavy atom. The molecule has 2 heterocycles. The number of carbonyl (C=O) groups excluding carboxylic acids is 1. The summed E-state index contributed by atoms with van der Waals surface area (Å²) in [6.45, 7) is 1.85. The molecule has 2 aromatic rings. The molecule has 0 saturated carbocycles. The molecule has 2 atom stereocenters. The van der Waals surface area contributed by atoms with Crippen molar-refractivity contribution in [3.8, 4) is 5.75 Å². The summed E-state index contributed by atoms with van der Waals surface area (Å²) in [7, 11) is 1.51. The fourth-order valence-electron chi connectivity index (χ4n) is 3.20. The van der Waals surface area contributed by atoms with Gasteiger partial charge < -0.3 is 14.7 Å². The van der Waals surface area contributed by atoms with Crippen molar-refractivity contribution >= 4 is 40.5 Å². The molecule has 1 aliphatic rings. The highest BCUT2D eigenvalue weighted by Gasteiger charge is 2.42. The van der Waals surface area contributed by atoms with Gasteiger partial charge in [0.05, 0.1) is 24.1 Å². The highest BCUT2D eigenvalue weighted by Crippen LogP contribution is 2.49. The number of carboxylic acid groups (broad SMARTS) is 1. The third-order valence-corrected chi connectivity index (χ3v) is 5.42. The molecular formula is C17H16ClNO4S. The summed E-state index contributed by atoms with van der Waals surface area (Å²) >= 11 is 7.88. The molecule has 0 saturated heterocycles. The second kappa shape index (κ2) is 6.45. The second-order valence-corrected chi connectivity index (χ2v) is 6.80. The SMILES string of the molecule is COc1ccc2c(c1Cl)C(CC(=O)O)C(C)N2C(=O)c1ccsc1. The van der Waals surface area contributed by atoms with Crippen LogP contribution in [0, 0.1) is 0 Å². The standard InChI is InChI=1S/C17H16ClNO4S/c1-9-11(7-14(20)21)15-12(3-4-13(23-2)16(15)18)19(9)17(22)10-5-6-24-8-10/h3-6,8-9,11H,7H2,1-2H3,(H,20,21). The lowest BCUT2D eigenvalue weighted by molar-refractivity contribution is -0.137. The molecule has 24 heavy (non-hydrogen) atoms. The van der Waals surface area contributed by atoms with Crippen molar-refractivity contribution in [1.29, 1.82) is 0 Å². The first-order chi connectivity index (χ1) is 11.5. The van der Waals surface area contributed by atoms with Crippen LogP contribution in [-0.2, 0) is 4.79 Å². The number of anilines is 1. The van der Waals surface area contributed by atoms with Gasteiger partial charge >= 0.3 is 5.97 Å². The van der Waals surface area contributed by atoms with Crippen LogP contribution in [-0.4, -0.2) is 30.1 Å². The Bertz CT molecular complexity index is 790. The molecule has 2 unspecified atom stereocenters. The van der Waals surface area contributed by atoms with Crippen LogP contribution in [0.1, 0.15) is 35.2 Å². The van der Waals surface area contributed by atoms with E-state index in [4.69, 9.17) is 16.3 Å². The molecule has 126 valence electrons. The van der Waals surface area contributed by atoms with Crippen molar-refractivity contribution in [2.24, 2.45) is 0 Å². The van der Waals surface area contributed by atoms with E-state index in [1.54, 1.807) is 28.5 Å². The van der Waals surface area contributed by atoms with Crippen molar-refractivity contribution in [2.75, 3.05) is 12.0 Å². The number of ether oxygens (including phenoxy) is 1. The average molecular weight is 366 g/mol. The van der Waals surface area contributed by atoms with Gasteiger partial charge in [-0.05, 0) is 30.5 Å². The minimum atomic E-state index is -0.929. The maximum absolute atomic E-state index is 12.9. The number of halogens is 1. The number of hydrogen-bond donors (Lipinski definition) is 1. The quantitative estimate of drug-likeness (QED) is 0.888. The molecule has 0 aliphatic carbocycles. The van der Waals surface area contributed by atoms with E-state index in [-0.39, 0.29) is 24.3 Å². The van der Waals surface area contributed by atoms with Gasteiger partial charge in [0.2, 0.25) is 0 Å². The van der Waals surface area contributed by atoms with Gasteiger partial charge in [-0.1, -0.05) is 11.6 Å². The van der Waals surface area contributed by atoms with Gasteiger partial charge in [-0.2, -0.15) is 11.3 Å². The molecule has 7 heteroatoms. The zero-order valence-electron chi connectivity index (χ0n) is 13.2. The average Bonchev–Trinajstić information content (AvgIpc) is 3.15. The van der Waals surface area contributed by atoms with E-state index in [2.05, 4.69) is 0 Å². The van der Waals surface area contributed by atoms with Crippen molar-refractivity contribution in [1.82, 2.24) is 0 Å². The van der Waals surface area contributed by atoms with Gasteiger partial charge in [0.25, 0.3) is 5.91 Å². The molecule has 1 amide bonds. The molecule has 1 aromatic carbocycles. The summed E-state index contributed by atoms with van der Waals surface area (Å²) in [5.74, 6) is -0.994. The first-order valence-electron chi connectivity index (χ1n) is 7.39. The van der Waals surface area contributed by atoms with E-state index >= 15 is 0 Å². The van der Waals surface area contributed by atoms with Crippen molar-refractivity contribution < 1.29 is 19.4 Å². The third-order valence-electron chi connectivity index (χ3n) is 4.34. The van der Waals surface area contributed by atoms with E-state index in [0.717, 1.165) is 0 Å². The van der Waals surface area contributed by atoms with E-state index in [1.165, 1.54) is 18.4 Å². The van der Waals surface area contributed by atoms with E-state index < -0.39 is 5.97 Å². The lowest BCUT2D eigenvalue weighted by Crippen LogP contribution is -2.37. The number of methoxy groups -OCH3 is 1. The molecule has 5 nitrogen and oxygen atoms in total. The van der Waals surface area contributed by atoms with Gasteiger partial charge in [-0.25, -0.2) is 0 Å². The predicted molar refractivity (Wildman–Crippen MR) is 93.6 cm³/mol. The molecule has 1 N–H and O–H groups in total. The summed E-state index contributed by atoms with van der Waals surface area (Å²) in [5.41, 5.74) is 1.89. The van der Waals surface area contributed by atoms with Crippen LogP contribution < -0.4 is 9.64 Å².